The fraction of sp³-hybridized carbons (Fsp3) is 0.263. The van der Waals surface area contributed by atoms with E-state index < -0.39 is 17.7 Å². The van der Waals surface area contributed by atoms with Crippen LogP contribution in [-0.2, 0) is 15.1 Å². The summed E-state index contributed by atoms with van der Waals surface area (Å²) in [6.45, 7) is 2.97. The smallest absolute Gasteiger partial charge is 0.328 e. The number of nitrogens with zero attached hydrogens (tertiary/aromatic N) is 1. The minimum atomic E-state index is -1.31. The van der Waals surface area contributed by atoms with Crippen LogP contribution in [0.5, 0.6) is 5.75 Å². The first-order valence-corrected chi connectivity index (χ1v) is 8.93. The van der Waals surface area contributed by atoms with Crippen LogP contribution in [-0.4, -0.2) is 24.0 Å². The van der Waals surface area contributed by atoms with E-state index in [0.29, 0.717) is 32.6 Å². The molecule has 1 aliphatic rings. The van der Waals surface area contributed by atoms with Crippen LogP contribution in [0.3, 0.4) is 0 Å². The van der Waals surface area contributed by atoms with Gasteiger partial charge in [0.2, 0.25) is 12.1 Å². The summed E-state index contributed by atoms with van der Waals surface area (Å²) in [5.74, 6) is -0.826. The number of likely N-dealkylation sites (N-methyl/N-ethyl adjacent to an activating group) is 1. The first-order valence-electron chi connectivity index (χ1n) is 8.17. The minimum absolute atomic E-state index is 0.261. The predicted octanol–water partition coefficient (Wildman–Crippen LogP) is 3.96. The fourth-order valence-corrected chi connectivity index (χ4v) is 3.53. The van der Waals surface area contributed by atoms with Gasteiger partial charge in [0.15, 0.2) is 0 Å². The van der Waals surface area contributed by atoms with Crippen molar-refractivity contribution in [1.82, 2.24) is 5.32 Å². The highest BCUT2D eigenvalue weighted by Gasteiger charge is 2.39. The molecule has 0 bridgehead atoms. The Balaban J connectivity index is 2.10. The third kappa shape index (κ3) is 3.25. The summed E-state index contributed by atoms with van der Waals surface area (Å²) in [5, 5.41) is 13.3. The fourth-order valence-electron chi connectivity index (χ4n) is 3.03. The molecule has 2 unspecified atom stereocenters. The zero-order valence-corrected chi connectivity index (χ0v) is 16.4. The maximum absolute atomic E-state index is 12.4. The lowest BCUT2D eigenvalue weighted by molar-refractivity contribution is -0.144. The lowest BCUT2D eigenvalue weighted by Gasteiger charge is -2.26. The molecule has 0 saturated heterocycles. The van der Waals surface area contributed by atoms with Crippen LogP contribution in [0, 0.1) is 0 Å². The van der Waals surface area contributed by atoms with E-state index in [4.69, 9.17) is 27.9 Å². The molecule has 2 N–H and O–H groups in total. The number of carbonyl (C=O) groups excluding carboxylic acids is 1. The van der Waals surface area contributed by atoms with Gasteiger partial charge in [0.1, 0.15) is 11.3 Å². The van der Waals surface area contributed by atoms with Crippen LogP contribution in [0.25, 0.3) is 0 Å². The Kier molecular flexibility index (Phi) is 5.08. The molecule has 8 heteroatoms. The molecule has 6 nitrogen and oxygen atoms in total. The lowest BCUT2D eigenvalue weighted by Crippen LogP contribution is -2.44. The van der Waals surface area contributed by atoms with Crippen molar-refractivity contribution in [1.29, 1.82) is 0 Å². The Labute approximate surface area is 166 Å². The van der Waals surface area contributed by atoms with Crippen molar-refractivity contribution in [2.75, 3.05) is 11.9 Å². The monoisotopic (exact) mass is 408 g/mol. The van der Waals surface area contributed by atoms with E-state index >= 15 is 0 Å². The van der Waals surface area contributed by atoms with Gasteiger partial charge in [-0.05, 0) is 43.8 Å². The van der Waals surface area contributed by atoms with E-state index in [2.05, 4.69) is 5.32 Å². The number of nitrogens with one attached hydrogen (secondary N) is 1. The molecular formula is C19H18Cl2N2O4. The number of hydrogen-bond donors (Lipinski definition) is 2. The number of benzene rings is 2. The van der Waals surface area contributed by atoms with E-state index in [1.54, 1.807) is 50.4 Å². The number of amides is 1. The van der Waals surface area contributed by atoms with Gasteiger partial charge in [-0.2, -0.15) is 0 Å². The number of rotatable bonds is 4. The molecule has 3 rings (SSSR count). The van der Waals surface area contributed by atoms with Gasteiger partial charge in [0, 0.05) is 17.5 Å². The van der Waals surface area contributed by atoms with Crippen molar-refractivity contribution < 1.29 is 19.4 Å². The number of carbonyl (C=O) groups is 2. The van der Waals surface area contributed by atoms with Crippen LogP contribution in [0.15, 0.2) is 36.4 Å². The largest absolute Gasteiger partial charge is 0.480 e. The van der Waals surface area contributed by atoms with E-state index in [9.17, 15) is 14.7 Å². The van der Waals surface area contributed by atoms with Crippen molar-refractivity contribution in [3.8, 4) is 5.75 Å². The molecule has 0 radical (unpaired) electrons. The second-order valence-electron chi connectivity index (χ2n) is 6.39. The molecule has 0 spiro atoms. The van der Waals surface area contributed by atoms with Crippen molar-refractivity contribution in [2.24, 2.45) is 0 Å². The summed E-state index contributed by atoms with van der Waals surface area (Å²) in [4.78, 5) is 25.6. The Bertz CT molecular complexity index is 934. The molecule has 27 heavy (non-hydrogen) atoms. The molecule has 2 atom stereocenters. The molecule has 1 heterocycles. The van der Waals surface area contributed by atoms with Crippen molar-refractivity contribution >= 4 is 40.8 Å². The number of anilines is 1. The van der Waals surface area contributed by atoms with E-state index in [0.717, 1.165) is 0 Å². The van der Waals surface area contributed by atoms with Gasteiger partial charge in [0.05, 0.1) is 10.7 Å². The summed E-state index contributed by atoms with van der Waals surface area (Å²) >= 11 is 12.3. The maximum Gasteiger partial charge on any atom is 0.328 e. The van der Waals surface area contributed by atoms with Crippen LogP contribution >= 0.6 is 23.2 Å². The second kappa shape index (κ2) is 7.03. The number of ether oxygens (including phenoxy) is 1. The lowest BCUT2D eigenvalue weighted by atomic mass is 9.91. The molecular weight excluding hydrogens is 391 g/mol. The molecule has 142 valence electrons. The van der Waals surface area contributed by atoms with E-state index in [1.165, 1.54) is 11.8 Å². The Morgan fingerprint density at radius 3 is 2.48 bits per heavy atom. The van der Waals surface area contributed by atoms with Gasteiger partial charge in [0.25, 0.3) is 0 Å². The molecule has 0 aromatic heterocycles. The van der Waals surface area contributed by atoms with E-state index in [-0.39, 0.29) is 5.91 Å². The highest BCUT2D eigenvalue weighted by atomic mass is 35.5. The van der Waals surface area contributed by atoms with Crippen LogP contribution in [0.4, 0.5) is 5.69 Å². The van der Waals surface area contributed by atoms with Crippen LogP contribution in [0.2, 0.25) is 10.0 Å². The first kappa shape index (κ1) is 19.5. The van der Waals surface area contributed by atoms with E-state index in [1.807, 2.05) is 0 Å². The Morgan fingerprint density at radius 2 is 1.93 bits per heavy atom. The van der Waals surface area contributed by atoms with Gasteiger partial charge in [-0.15, -0.1) is 0 Å². The number of halogens is 2. The summed E-state index contributed by atoms with van der Waals surface area (Å²) in [6, 6.07) is 9.91. The van der Waals surface area contributed by atoms with Gasteiger partial charge < -0.3 is 15.2 Å². The summed E-state index contributed by atoms with van der Waals surface area (Å²) < 4.78 is 5.96. The topological polar surface area (TPSA) is 78.9 Å². The van der Waals surface area contributed by atoms with Gasteiger partial charge in [-0.1, -0.05) is 35.3 Å². The van der Waals surface area contributed by atoms with Gasteiger partial charge >= 0.3 is 5.97 Å². The summed E-state index contributed by atoms with van der Waals surface area (Å²) in [7, 11) is 1.57. The molecule has 2 aromatic carbocycles. The number of fused-ring (bicyclic) bond motifs is 1. The quantitative estimate of drug-likeness (QED) is 0.800. The normalized spacial score (nSPS) is 17.8. The van der Waals surface area contributed by atoms with Crippen molar-refractivity contribution in [3.05, 3.63) is 57.6 Å². The molecule has 0 saturated carbocycles. The molecule has 0 fully saturated rings. The molecule has 1 amide bonds. The Morgan fingerprint density at radius 1 is 1.22 bits per heavy atom. The van der Waals surface area contributed by atoms with Crippen LogP contribution < -0.4 is 15.0 Å². The number of hydrogen-bond acceptors (Lipinski definition) is 4. The minimum Gasteiger partial charge on any atom is -0.480 e. The average molecular weight is 409 g/mol. The average Bonchev–Trinajstić information content (AvgIpc) is 2.99. The van der Waals surface area contributed by atoms with Gasteiger partial charge in [-0.25, -0.2) is 4.79 Å². The zero-order valence-electron chi connectivity index (χ0n) is 14.9. The van der Waals surface area contributed by atoms with Crippen LogP contribution in [0.1, 0.15) is 31.2 Å². The highest BCUT2D eigenvalue weighted by Crippen LogP contribution is 2.46. The predicted molar refractivity (Wildman–Crippen MR) is 103 cm³/mol. The first-order chi connectivity index (χ1) is 12.7. The number of aliphatic carboxylic acids is 1. The second-order valence-corrected chi connectivity index (χ2v) is 7.23. The van der Waals surface area contributed by atoms with Crippen molar-refractivity contribution in [2.45, 2.75) is 25.6 Å². The Hall–Kier alpha value is -2.28. The highest BCUT2D eigenvalue weighted by molar-refractivity contribution is 6.35. The SMILES string of the molecule is CNC(C)(C(=O)O)c1ccc2c(c1)N(C(C)=O)C(c1ccc(Cl)cc1Cl)O2. The van der Waals surface area contributed by atoms with Gasteiger partial charge in [-0.3, -0.25) is 9.69 Å². The third-order valence-electron chi connectivity index (χ3n) is 4.76. The standard InChI is InChI=1S/C19H18Cl2N2O4/c1-10(24)23-15-8-11(19(2,22-3)18(25)26)4-7-16(15)27-17(23)13-6-5-12(20)9-14(13)21/h4-9,17,22H,1-3H3,(H,25,26). The van der Waals surface area contributed by atoms with Crippen molar-refractivity contribution in [3.63, 3.8) is 0 Å². The summed E-state index contributed by atoms with van der Waals surface area (Å²) in [6.07, 6.45) is -0.761. The molecule has 1 aliphatic heterocycles. The number of carboxylic acid groups (broad SMARTS) is 1. The summed E-state index contributed by atoms with van der Waals surface area (Å²) in [5.41, 5.74) is 0.254. The third-order valence-corrected chi connectivity index (χ3v) is 5.33. The zero-order chi connectivity index (χ0) is 19.9. The number of carboxylic acids is 1. The molecule has 2 aromatic rings. The maximum atomic E-state index is 12.4. The molecule has 0 aliphatic carbocycles.